The standard InChI is InChI=1S/C17H12Cl2N4O3/c18-11-3-1-4-12(19)15(11)16(25)21-10-5-6-13(14(24)9-10)22-17(26)23-8-2-7-20-23/h1-9,24H,(H,21,25)(H,22,26). The molecule has 0 unspecified atom stereocenters. The number of carbonyl (C=O) groups excluding carboxylic acids is 2. The van der Waals surface area contributed by atoms with Crippen molar-refractivity contribution in [2.24, 2.45) is 0 Å². The highest BCUT2D eigenvalue weighted by Crippen LogP contribution is 2.29. The van der Waals surface area contributed by atoms with Gasteiger partial charge in [0, 0.05) is 24.1 Å². The summed E-state index contributed by atoms with van der Waals surface area (Å²) in [5, 5.41) is 19.4. The predicted molar refractivity (Wildman–Crippen MR) is 99.2 cm³/mol. The van der Waals surface area contributed by atoms with Crippen molar-refractivity contribution < 1.29 is 14.7 Å². The number of aromatic hydroxyl groups is 1. The normalized spacial score (nSPS) is 10.4. The number of nitrogens with zero attached hydrogens (tertiary/aromatic N) is 2. The van der Waals surface area contributed by atoms with Gasteiger partial charge in [-0.25, -0.2) is 4.79 Å². The van der Waals surface area contributed by atoms with Crippen LogP contribution in [0.4, 0.5) is 16.2 Å². The molecule has 0 aliphatic carbocycles. The topological polar surface area (TPSA) is 96.3 Å². The van der Waals surface area contributed by atoms with Gasteiger partial charge in [-0.3, -0.25) is 4.79 Å². The average molecular weight is 391 g/mol. The van der Waals surface area contributed by atoms with Crippen LogP contribution < -0.4 is 10.6 Å². The Morgan fingerprint density at radius 3 is 2.38 bits per heavy atom. The zero-order valence-electron chi connectivity index (χ0n) is 13.1. The Balaban J connectivity index is 1.75. The van der Waals surface area contributed by atoms with E-state index in [4.69, 9.17) is 23.2 Å². The fourth-order valence-corrected chi connectivity index (χ4v) is 2.75. The molecule has 132 valence electrons. The van der Waals surface area contributed by atoms with Crippen LogP contribution in [0.15, 0.2) is 54.9 Å². The van der Waals surface area contributed by atoms with E-state index in [-0.39, 0.29) is 27.0 Å². The minimum atomic E-state index is -0.537. The highest BCUT2D eigenvalue weighted by molar-refractivity contribution is 6.40. The van der Waals surface area contributed by atoms with Crippen molar-refractivity contribution in [1.29, 1.82) is 0 Å². The maximum absolute atomic E-state index is 12.3. The largest absolute Gasteiger partial charge is 0.506 e. The van der Waals surface area contributed by atoms with Gasteiger partial charge in [0.15, 0.2) is 0 Å². The van der Waals surface area contributed by atoms with Crippen molar-refractivity contribution >= 4 is 46.5 Å². The first-order valence-corrected chi connectivity index (χ1v) is 8.10. The van der Waals surface area contributed by atoms with E-state index in [9.17, 15) is 14.7 Å². The van der Waals surface area contributed by atoms with Crippen LogP contribution in [-0.4, -0.2) is 26.8 Å². The molecule has 0 bridgehead atoms. The van der Waals surface area contributed by atoms with E-state index in [1.165, 1.54) is 30.6 Å². The number of carbonyl (C=O) groups is 2. The number of hydrogen-bond donors (Lipinski definition) is 3. The van der Waals surface area contributed by atoms with E-state index in [1.807, 2.05) is 0 Å². The molecular weight excluding hydrogens is 379 g/mol. The van der Waals surface area contributed by atoms with E-state index in [0.717, 1.165) is 4.68 Å². The number of anilines is 2. The third-order valence-corrected chi connectivity index (χ3v) is 4.03. The molecule has 3 aromatic rings. The van der Waals surface area contributed by atoms with Crippen LogP contribution in [0.25, 0.3) is 0 Å². The van der Waals surface area contributed by atoms with Gasteiger partial charge < -0.3 is 15.7 Å². The van der Waals surface area contributed by atoms with E-state index < -0.39 is 11.9 Å². The second-order valence-electron chi connectivity index (χ2n) is 5.16. The maximum Gasteiger partial charge on any atom is 0.346 e. The summed E-state index contributed by atoms with van der Waals surface area (Å²) < 4.78 is 1.08. The Bertz CT molecular complexity index is 954. The Morgan fingerprint density at radius 2 is 1.77 bits per heavy atom. The quantitative estimate of drug-likeness (QED) is 0.583. The Kier molecular flexibility index (Phi) is 5.11. The molecule has 1 heterocycles. The van der Waals surface area contributed by atoms with Gasteiger partial charge in [-0.15, -0.1) is 0 Å². The van der Waals surface area contributed by atoms with Crippen molar-refractivity contribution in [2.45, 2.75) is 0 Å². The molecule has 2 aromatic carbocycles. The number of rotatable bonds is 3. The molecule has 0 radical (unpaired) electrons. The zero-order chi connectivity index (χ0) is 18.7. The van der Waals surface area contributed by atoms with Gasteiger partial charge in [-0.1, -0.05) is 29.3 Å². The molecule has 0 fully saturated rings. The lowest BCUT2D eigenvalue weighted by atomic mass is 10.2. The monoisotopic (exact) mass is 390 g/mol. The fraction of sp³-hybridized carbons (Fsp3) is 0. The summed E-state index contributed by atoms with van der Waals surface area (Å²) in [6.45, 7) is 0. The van der Waals surface area contributed by atoms with Crippen LogP contribution in [-0.2, 0) is 0 Å². The van der Waals surface area contributed by atoms with Crippen molar-refractivity contribution in [3.8, 4) is 5.75 Å². The number of amides is 2. The number of nitrogens with one attached hydrogen (secondary N) is 2. The van der Waals surface area contributed by atoms with Crippen molar-refractivity contribution in [3.05, 3.63) is 70.5 Å². The van der Waals surface area contributed by atoms with Gasteiger partial charge >= 0.3 is 6.03 Å². The summed E-state index contributed by atoms with van der Waals surface area (Å²) in [6.07, 6.45) is 2.92. The Morgan fingerprint density at radius 1 is 1.04 bits per heavy atom. The first-order valence-electron chi connectivity index (χ1n) is 7.35. The number of aromatic nitrogens is 2. The average Bonchev–Trinajstić information content (AvgIpc) is 3.12. The molecule has 0 saturated carbocycles. The van der Waals surface area contributed by atoms with E-state index >= 15 is 0 Å². The molecule has 26 heavy (non-hydrogen) atoms. The minimum absolute atomic E-state index is 0.131. The molecule has 3 N–H and O–H groups in total. The van der Waals surface area contributed by atoms with Gasteiger partial charge in [-0.2, -0.15) is 9.78 Å². The van der Waals surface area contributed by atoms with Gasteiger partial charge in [0.25, 0.3) is 5.91 Å². The molecule has 0 atom stereocenters. The van der Waals surface area contributed by atoms with Crippen molar-refractivity contribution in [1.82, 2.24) is 9.78 Å². The summed E-state index contributed by atoms with van der Waals surface area (Å²) >= 11 is 12.0. The van der Waals surface area contributed by atoms with E-state index in [1.54, 1.807) is 24.3 Å². The molecule has 1 aromatic heterocycles. The first kappa shape index (κ1) is 17.8. The van der Waals surface area contributed by atoms with Crippen molar-refractivity contribution in [3.63, 3.8) is 0 Å². The lowest BCUT2D eigenvalue weighted by Gasteiger charge is -2.11. The van der Waals surface area contributed by atoms with Gasteiger partial charge in [0.1, 0.15) is 5.75 Å². The zero-order valence-corrected chi connectivity index (χ0v) is 14.6. The summed E-state index contributed by atoms with van der Waals surface area (Å²) in [5.74, 6) is -0.748. The minimum Gasteiger partial charge on any atom is -0.506 e. The SMILES string of the molecule is O=C(Nc1ccc(NC(=O)n2cccn2)c(O)c1)c1c(Cl)cccc1Cl. The Hall–Kier alpha value is -3.03. The lowest BCUT2D eigenvalue weighted by Crippen LogP contribution is -2.19. The third kappa shape index (κ3) is 3.79. The molecule has 0 aliphatic heterocycles. The van der Waals surface area contributed by atoms with Crippen LogP contribution in [0.1, 0.15) is 10.4 Å². The molecule has 3 rings (SSSR count). The predicted octanol–water partition coefficient (Wildman–Crippen LogP) is 4.23. The fourth-order valence-electron chi connectivity index (χ4n) is 2.18. The second kappa shape index (κ2) is 7.47. The summed E-state index contributed by atoms with van der Waals surface area (Å²) in [4.78, 5) is 24.3. The summed E-state index contributed by atoms with van der Waals surface area (Å²) in [7, 11) is 0. The highest BCUT2D eigenvalue weighted by Gasteiger charge is 2.16. The smallest absolute Gasteiger partial charge is 0.346 e. The van der Waals surface area contributed by atoms with Crippen LogP contribution in [0, 0.1) is 0 Å². The third-order valence-electron chi connectivity index (χ3n) is 3.40. The number of phenols is 1. The van der Waals surface area contributed by atoms with Gasteiger partial charge in [-0.05, 0) is 30.3 Å². The molecule has 2 amide bonds. The number of benzene rings is 2. The lowest BCUT2D eigenvalue weighted by molar-refractivity contribution is 0.102. The molecule has 0 saturated heterocycles. The first-order chi connectivity index (χ1) is 12.5. The van der Waals surface area contributed by atoms with Crippen LogP contribution in [0.3, 0.4) is 0 Å². The Labute approximate surface area is 158 Å². The summed E-state index contributed by atoms with van der Waals surface area (Å²) in [5.41, 5.74) is 0.603. The van der Waals surface area contributed by atoms with Crippen molar-refractivity contribution in [2.75, 3.05) is 10.6 Å². The van der Waals surface area contributed by atoms with Crippen LogP contribution in [0.5, 0.6) is 5.75 Å². The second-order valence-corrected chi connectivity index (χ2v) is 5.98. The summed E-state index contributed by atoms with van der Waals surface area (Å²) in [6, 6.07) is 10.0. The number of hydrogen-bond acceptors (Lipinski definition) is 4. The van der Waals surface area contributed by atoms with Crippen LogP contribution >= 0.6 is 23.2 Å². The molecule has 0 spiro atoms. The molecule has 0 aliphatic rings. The molecule has 7 nitrogen and oxygen atoms in total. The maximum atomic E-state index is 12.3. The number of phenolic OH excluding ortho intramolecular Hbond substituents is 1. The van der Waals surface area contributed by atoms with E-state index in [0.29, 0.717) is 5.69 Å². The van der Waals surface area contributed by atoms with Gasteiger partial charge in [0.05, 0.1) is 21.3 Å². The van der Waals surface area contributed by atoms with Gasteiger partial charge in [0.2, 0.25) is 0 Å². The molecule has 9 heteroatoms. The van der Waals surface area contributed by atoms with Crippen LogP contribution in [0.2, 0.25) is 10.0 Å². The molecular formula is C17H12Cl2N4O3. The highest BCUT2D eigenvalue weighted by atomic mass is 35.5. The number of halogens is 2. The van der Waals surface area contributed by atoms with E-state index in [2.05, 4.69) is 15.7 Å².